The molecule has 3 aromatic rings. The molecule has 0 aliphatic rings. The molecule has 126 valence electrons. The molecule has 0 amide bonds. The summed E-state index contributed by atoms with van der Waals surface area (Å²) in [5.41, 5.74) is -0.202. The van der Waals surface area contributed by atoms with Crippen LogP contribution in [0.4, 0.5) is 0 Å². The quantitative estimate of drug-likeness (QED) is 0.719. The van der Waals surface area contributed by atoms with E-state index in [1.807, 2.05) is 6.92 Å². The van der Waals surface area contributed by atoms with Crippen LogP contribution < -0.4 is 20.7 Å². The summed E-state index contributed by atoms with van der Waals surface area (Å²) in [6.45, 7) is 2.35. The first-order valence-corrected chi connectivity index (χ1v) is 7.46. The molecule has 0 spiro atoms. The zero-order valence-corrected chi connectivity index (χ0v) is 13.9. The number of aromatic nitrogens is 4. The second-order valence-corrected chi connectivity index (χ2v) is 5.30. The molecule has 24 heavy (non-hydrogen) atoms. The van der Waals surface area contributed by atoms with Crippen molar-refractivity contribution in [2.45, 2.75) is 13.5 Å². The highest BCUT2D eigenvalue weighted by Gasteiger charge is 2.19. The predicted octanol–water partition coefficient (Wildman–Crippen LogP) is 1.25. The average Bonchev–Trinajstić information content (AvgIpc) is 2.96. The van der Waals surface area contributed by atoms with Gasteiger partial charge in [0.25, 0.3) is 5.56 Å². The number of hydrogen-bond acceptors (Lipinski definition) is 5. The van der Waals surface area contributed by atoms with Crippen molar-refractivity contribution in [3.05, 3.63) is 45.1 Å². The van der Waals surface area contributed by atoms with Gasteiger partial charge in [-0.2, -0.15) is 4.98 Å². The third kappa shape index (κ3) is 2.36. The van der Waals surface area contributed by atoms with E-state index in [0.717, 1.165) is 4.57 Å². The van der Waals surface area contributed by atoms with Gasteiger partial charge in [0.15, 0.2) is 11.2 Å². The SMILES string of the molecule is CCn1c(Oc2cccc(OC)c2)nc2c1c(=O)n(C)c(=O)n2C. The lowest BCUT2D eigenvalue weighted by molar-refractivity contribution is 0.397. The Balaban J connectivity index is 2.22. The molecule has 0 fully saturated rings. The first kappa shape index (κ1) is 15.9. The van der Waals surface area contributed by atoms with Gasteiger partial charge in [-0.3, -0.25) is 18.5 Å². The van der Waals surface area contributed by atoms with Crippen LogP contribution >= 0.6 is 0 Å². The largest absolute Gasteiger partial charge is 0.497 e. The molecule has 0 radical (unpaired) electrons. The molecule has 0 aliphatic carbocycles. The van der Waals surface area contributed by atoms with E-state index in [-0.39, 0.29) is 6.01 Å². The van der Waals surface area contributed by atoms with Gasteiger partial charge in [0.05, 0.1) is 7.11 Å². The number of fused-ring (bicyclic) bond motifs is 1. The second-order valence-electron chi connectivity index (χ2n) is 5.30. The number of imidazole rings is 1. The molecule has 3 rings (SSSR count). The van der Waals surface area contributed by atoms with E-state index >= 15 is 0 Å². The van der Waals surface area contributed by atoms with Crippen molar-refractivity contribution in [3.63, 3.8) is 0 Å². The zero-order valence-electron chi connectivity index (χ0n) is 13.9. The lowest BCUT2D eigenvalue weighted by atomic mass is 10.3. The molecule has 0 unspecified atom stereocenters. The summed E-state index contributed by atoms with van der Waals surface area (Å²) in [5.74, 6) is 1.18. The van der Waals surface area contributed by atoms with E-state index < -0.39 is 11.2 Å². The predicted molar refractivity (Wildman–Crippen MR) is 89.0 cm³/mol. The van der Waals surface area contributed by atoms with Crippen LogP contribution in [0.5, 0.6) is 17.5 Å². The number of methoxy groups -OCH3 is 1. The van der Waals surface area contributed by atoms with Crippen molar-refractivity contribution < 1.29 is 9.47 Å². The maximum atomic E-state index is 12.5. The topological polar surface area (TPSA) is 80.3 Å². The van der Waals surface area contributed by atoms with E-state index in [0.29, 0.717) is 29.2 Å². The standard InChI is InChI=1S/C16H18N4O4/c1-5-20-12-13(18(2)16(22)19(3)14(12)21)17-15(20)24-11-8-6-7-10(9-11)23-4/h6-9H,5H2,1-4H3. The molecule has 8 heteroatoms. The molecule has 0 bridgehead atoms. The fourth-order valence-corrected chi connectivity index (χ4v) is 2.57. The monoisotopic (exact) mass is 330 g/mol. The zero-order chi connectivity index (χ0) is 17.4. The number of aryl methyl sites for hydroxylation is 2. The summed E-state index contributed by atoms with van der Waals surface area (Å²) in [7, 11) is 4.59. The normalized spacial score (nSPS) is 11.0. The Kier molecular flexibility index (Phi) is 3.88. The minimum absolute atomic E-state index is 0.249. The van der Waals surface area contributed by atoms with Gasteiger partial charge in [-0.25, -0.2) is 4.79 Å². The van der Waals surface area contributed by atoms with Gasteiger partial charge >= 0.3 is 11.7 Å². The Hall–Kier alpha value is -3.03. The van der Waals surface area contributed by atoms with Crippen LogP contribution in [0.25, 0.3) is 11.2 Å². The van der Waals surface area contributed by atoms with Crippen LogP contribution in [0, 0.1) is 0 Å². The van der Waals surface area contributed by atoms with Gasteiger partial charge in [-0.1, -0.05) is 6.07 Å². The first-order valence-electron chi connectivity index (χ1n) is 7.46. The third-order valence-corrected chi connectivity index (χ3v) is 3.88. The molecule has 0 saturated heterocycles. The molecule has 8 nitrogen and oxygen atoms in total. The summed E-state index contributed by atoms with van der Waals surface area (Å²) in [4.78, 5) is 28.9. The Morgan fingerprint density at radius 3 is 2.50 bits per heavy atom. The third-order valence-electron chi connectivity index (χ3n) is 3.88. The fraction of sp³-hybridized carbons (Fsp3) is 0.312. The highest BCUT2D eigenvalue weighted by Crippen LogP contribution is 2.26. The van der Waals surface area contributed by atoms with Gasteiger partial charge < -0.3 is 9.47 Å². The van der Waals surface area contributed by atoms with Crippen molar-refractivity contribution in [2.75, 3.05) is 7.11 Å². The van der Waals surface area contributed by atoms with Crippen molar-refractivity contribution in [1.29, 1.82) is 0 Å². The minimum Gasteiger partial charge on any atom is -0.497 e. The Morgan fingerprint density at radius 1 is 1.12 bits per heavy atom. The highest BCUT2D eigenvalue weighted by molar-refractivity contribution is 5.72. The van der Waals surface area contributed by atoms with Gasteiger partial charge in [-0.15, -0.1) is 0 Å². The van der Waals surface area contributed by atoms with Crippen LogP contribution in [-0.4, -0.2) is 25.8 Å². The van der Waals surface area contributed by atoms with Crippen molar-refractivity contribution in [3.8, 4) is 17.5 Å². The van der Waals surface area contributed by atoms with Crippen LogP contribution in [0.15, 0.2) is 33.9 Å². The second kappa shape index (κ2) is 5.88. The summed E-state index contributed by atoms with van der Waals surface area (Å²) in [5, 5.41) is 0. The van der Waals surface area contributed by atoms with E-state index in [9.17, 15) is 9.59 Å². The maximum Gasteiger partial charge on any atom is 0.332 e. The van der Waals surface area contributed by atoms with Crippen molar-refractivity contribution in [1.82, 2.24) is 18.7 Å². The van der Waals surface area contributed by atoms with Gasteiger partial charge in [0.2, 0.25) is 0 Å². The molecular formula is C16H18N4O4. The highest BCUT2D eigenvalue weighted by atomic mass is 16.5. The average molecular weight is 330 g/mol. The van der Waals surface area contributed by atoms with E-state index in [4.69, 9.17) is 9.47 Å². The minimum atomic E-state index is -0.429. The number of hydrogen-bond donors (Lipinski definition) is 0. The molecule has 2 heterocycles. The number of benzene rings is 1. The van der Waals surface area contributed by atoms with Gasteiger partial charge in [0.1, 0.15) is 11.5 Å². The van der Waals surface area contributed by atoms with Crippen molar-refractivity contribution >= 4 is 11.2 Å². The number of ether oxygens (including phenoxy) is 2. The van der Waals surface area contributed by atoms with Gasteiger partial charge in [0, 0.05) is 26.7 Å². The summed E-state index contributed by atoms with van der Waals surface area (Å²) in [6.07, 6.45) is 0. The molecule has 0 atom stereocenters. The van der Waals surface area contributed by atoms with Gasteiger partial charge in [-0.05, 0) is 19.1 Å². The van der Waals surface area contributed by atoms with Crippen LogP contribution in [0.3, 0.4) is 0 Å². The Bertz CT molecular complexity index is 1030. The molecule has 2 aromatic heterocycles. The first-order chi connectivity index (χ1) is 11.5. The molecule has 1 aromatic carbocycles. The van der Waals surface area contributed by atoms with E-state index in [2.05, 4.69) is 4.98 Å². The lowest BCUT2D eigenvalue weighted by Gasteiger charge is -2.08. The summed E-state index contributed by atoms with van der Waals surface area (Å²) >= 11 is 0. The molecular weight excluding hydrogens is 312 g/mol. The summed E-state index contributed by atoms with van der Waals surface area (Å²) in [6, 6.07) is 7.32. The van der Waals surface area contributed by atoms with Crippen molar-refractivity contribution in [2.24, 2.45) is 14.1 Å². The smallest absolute Gasteiger partial charge is 0.332 e. The fourth-order valence-electron chi connectivity index (χ4n) is 2.57. The van der Waals surface area contributed by atoms with Crippen LogP contribution in [-0.2, 0) is 20.6 Å². The lowest BCUT2D eigenvalue weighted by Crippen LogP contribution is -2.37. The molecule has 0 saturated carbocycles. The van der Waals surface area contributed by atoms with Crippen LogP contribution in [0.1, 0.15) is 6.92 Å². The molecule has 0 N–H and O–H groups in total. The molecule has 0 aliphatic heterocycles. The Labute approximate surface area is 137 Å². The number of nitrogens with zero attached hydrogens (tertiary/aromatic N) is 4. The van der Waals surface area contributed by atoms with Crippen LogP contribution in [0.2, 0.25) is 0 Å². The maximum absolute atomic E-state index is 12.5. The summed E-state index contributed by atoms with van der Waals surface area (Å²) < 4.78 is 15.0. The number of rotatable bonds is 4. The van der Waals surface area contributed by atoms with E-state index in [1.54, 1.807) is 43.0 Å². The van der Waals surface area contributed by atoms with E-state index in [1.165, 1.54) is 11.6 Å². The Morgan fingerprint density at radius 2 is 1.83 bits per heavy atom.